The third kappa shape index (κ3) is 4.07. The van der Waals surface area contributed by atoms with Gasteiger partial charge in [0.2, 0.25) is 5.91 Å². The molecule has 0 bridgehead atoms. The van der Waals surface area contributed by atoms with Gasteiger partial charge in [0, 0.05) is 35.8 Å². The maximum atomic E-state index is 13.2. The number of carbonyl (C=O) groups excluding carboxylic acids is 1. The summed E-state index contributed by atoms with van der Waals surface area (Å²) in [5.41, 5.74) is 2.65. The normalized spacial score (nSPS) is 25.8. The summed E-state index contributed by atoms with van der Waals surface area (Å²) in [5.74, 6) is 0.451. The third-order valence-electron chi connectivity index (χ3n) is 6.58. The summed E-state index contributed by atoms with van der Waals surface area (Å²) in [7, 11) is 1.83. The second-order valence-corrected chi connectivity index (χ2v) is 8.65. The molecule has 3 atom stereocenters. The largest absolute Gasteiger partial charge is 0.328 e. The molecule has 2 aromatic heterocycles. The van der Waals surface area contributed by atoms with E-state index in [1.165, 1.54) is 0 Å². The van der Waals surface area contributed by atoms with Crippen molar-refractivity contribution in [1.82, 2.24) is 25.5 Å². The van der Waals surface area contributed by atoms with Gasteiger partial charge in [0.05, 0.1) is 5.52 Å². The minimum atomic E-state index is -0.156. The van der Waals surface area contributed by atoms with Crippen molar-refractivity contribution in [2.45, 2.75) is 51.7 Å². The zero-order valence-electron chi connectivity index (χ0n) is 17.5. The van der Waals surface area contributed by atoms with Gasteiger partial charge in [-0.15, -0.1) is 0 Å². The minimum Gasteiger partial charge on any atom is -0.328 e. The van der Waals surface area contributed by atoms with Crippen LogP contribution in [0.1, 0.15) is 49.8 Å². The summed E-state index contributed by atoms with van der Waals surface area (Å²) in [6, 6.07) is 3.95. The lowest BCUT2D eigenvalue weighted by atomic mass is 9.71. The summed E-state index contributed by atoms with van der Waals surface area (Å²) in [5, 5.41) is 10.6. The van der Waals surface area contributed by atoms with E-state index in [0.29, 0.717) is 12.3 Å². The molecule has 4 rings (SSSR count). The number of amides is 1. The molecule has 0 aromatic carbocycles. The van der Waals surface area contributed by atoms with Crippen molar-refractivity contribution in [2.24, 2.45) is 18.9 Å². The zero-order valence-corrected chi connectivity index (χ0v) is 17.5. The van der Waals surface area contributed by atoms with Gasteiger partial charge in [-0.05, 0) is 69.7 Å². The van der Waals surface area contributed by atoms with Crippen molar-refractivity contribution in [3.05, 3.63) is 39.9 Å². The van der Waals surface area contributed by atoms with E-state index in [4.69, 9.17) is 0 Å². The van der Waals surface area contributed by atoms with Gasteiger partial charge in [-0.1, -0.05) is 6.92 Å². The van der Waals surface area contributed by atoms with Crippen LogP contribution in [0.25, 0.3) is 10.9 Å². The molecule has 156 valence electrons. The van der Waals surface area contributed by atoms with Crippen LogP contribution < -0.4 is 21.5 Å². The first-order valence-corrected chi connectivity index (χ1v) is 10.7. The molecule has 7 nitrogen and oxygen atoms in total. The number of nitrogens with zero attached hydrogens (tertiary/aromatic N) is 2. The van der Waals surface area contributed by atoms with Gasteiger partial charge in [-0.25, -0.2) is 0 Å². The molecule has 7 heteroatoms. The van der Waals surface area contributed by atoms with Gasteiger partial charge >= 0.3 is 0 Å². The average Bonchev–Trinajstić information content (AvgIpc) is 2.72. The molecule has 2 aromatic rings. The zero-order chi connectivity index (χ0) is 20.5. The van der Waals surface area contributed by atoms with Gasteiger partial charge < -0.3 is 9.88 Å². The highest BCUT2D eigenvalue weighted by Gasteiger charge is 2.35. The fourth-order valence-electron chi connectivity index (χ4n) is 4.76. The smallest absolute Gasteiger partial charge is 0.254 e. The Hall–Kier alpha value is -2.25. The summed E-state index contributed by atoms with van der Waals surface area (Å²) in [6.07, 6.45) is 5.27. The second kappa shape index (κ2) is 8.24. The van der Waals surface area contributed by atoms with Crippen LogP contribution in [-0.2, 0) is 11.8 Å². The van der Waals surface area contributed by atoms with Crippen LogP contribution in [0, 0.1) is 18.8 Å². The number of hydrogen-bond acceptors (Lipinski definition) is 5. The van der Waals surface area contributed by atoms with Gasteiger partial charge in [-0.2, -0.15) is 0 Å². The fraction of sp³-hybridized carbons (Fsp3) is 0.591. The Balaban J connectivity index is 1.58. The van der Waals surface area contributed by atoms with Crippen LogP contribution >= 0.6 is 0 Å². The van der Waals surface area contributed by atoms with E-state index in [0.717, 1.165) is 54.5 Å². The Bertz CT molecular complexity index is 964. The molecule has 1 saturated heterocycles. The SMILES string of the molecule is Cc1cc2c(cn1)cc(C1CC(C(=O)NC3NCCCN3)CCC1C)c(=O)n2C. The quantitative estimate of drug-likeness (QED) is 0.734. The summed E-state index contributed by atoms with van der Waals surface area (Å²) in [4.78, 5) is 30.4. The lowest BCUT2D eigenvalue weighted by Gasteiger charge is -2.35. The third-order valence-corrected chi connectivity index (χ3v) is 6.58. The lowest BCUT2D eigenvalue weighted by Crippen LogP contribution is -2.59. The molecule has 29 heavy (non-hydrogen) atoms. The Morgan fingerprint density at radius 1 is 1.24 bits per heavy atom. The highest BCUT2D eigenvalue weighted by atomic mass is 16.2. The predicted molar refractivity (Wildman–Crippen MR) is 114 cm³/mol. The van der Waals surface area contributed by atoms with Gasteiger partial charge in [0.1, 0.15) is 6.29 Å². The van der Waals surface area contributed by atoms with E-state index in [9.17, 15) is 9.59 Å². The molecule has 3 N–H and O–H groups in total. The van der Waals surface area contributed by atoms with Crippen molar-refractivity contribution >= 4 is 16.8 Å². The number of aryl methyl sites for hydroxylation is 2. The van der Waals surface area contributed by atoms with Crippen LogP contribution in [0.5, 0.6) is 0 Å². The molecule has 1 saturated carbocycles. The molecule has 2 aliphatic rings. The molecule has 2 fully saturated rings. The topological polar surface area (TPSA) is 88.1 Å². The first-order chi connectivity index (χ1) is 13.9. The van der Waals surface area contributed by atoms with Crippen LogP contribution in [0.2, 0.25) is 0 Å². The molecule has 3 heterocycles. The number of pyridine rings is 2. The van der Waals surface area contributed by atoms with Gasteiger partial charge in [-0.3, -0.25) is 25.2 Å². The molecule has 1 aliphatic carbocycles. The summed E-state index contributed by atoms with van der Waals surface area (Å²) in [6.45, 7) is 5.94. The highest BCUT2D eigenvalue weighted by molar-refractivity contribution is 5.80. The number of nitrogens with one attached hydrogen (secondary N) is 3. The van der Waals surface area contributed by atoms with Crippen LogP contribution in [0.15, 0.2) is 23.1 Å². The Morgan fingerprint density at radius 2 is 2.00 bits per heavy atom. The predicted octanol–water partition coefficient (Wildman–Crippen LogP) is 1.74. The molecular weight excluding hydrogens is 366 g/mol. The highest BCUT2D eigenvalue weighted by Crippen LogP contribution is 2.40. The number of aromatic nitrogens is 2. The average molecular weight is 398 g/mol. The molecule has 1 amide bonds. The maximum absolute atomic E-state index is 13.2. The fourth-order valence-corrected chi connectivity index (χ4v) is 4.76. The monoisotopic (exact) mass is 397 g/mol. The minimum absolute atomic E-state index is 0.0385. The Labute approximate surface area is 171 Å². The number of carbonyl (C=O) groups is 1. The molecule has 0 radical (unpaired) electrons. The van der Waals surface area contributed by atoms with E-state index < -0.39 is 0 Å². The van der Waals surface area contributed by atoms with E-state index >= 15 is 0 Å². The van der Waals surface area contributed by atoms with E-state index in [2.05, 4.69) is 27.9 Å². The van der Waals surface area contributed by atoms with Gasteiger partial charge in [0.15, 0.2) is 0 Å². The molecule has 3 unspecified atom stereocenters. The second-order valence-electron chi connectivity index (χ2n) is 8.65. The first-order valence-electron chi connectivity index (χ1n) is 10.7. The van der Waals surface area contributed by atoms with Crippen LogP contribution in [0.4, 0.5) is 0 Å². The maximum Gasteiger partial charge on any atom is 0.254 e. The van der Waals surface area contributed by atoms with Crippen molar-refractivity contribution in [1.29, 1.82) is 0 Å². The number of hydrogen-bond donors (Lipinski definition) is 3. The van der Waals surface area contributed by atoms with Crippen molar-refractivity contribution in [3.8, 4) is 0 Å². The Kier molecular flexibility index (Phi) is 5.69. The van der Waals surface area contributed by atoms with Crippen molar-refractivity contribution < 1.29 is 4.79 Å². The molecular formula is C22H31N5O2. The van der Waals surface area contributed by atoms with Crippen molar-refractivity contribution in [2.75, 3.05) is 13.1 Å². The standard InChI is InChI=1S/C22H31N5O2/c1-13-5-6-15(20(28)26-22-23-7-4-8-24-22)10-17(13)18-11-16-12-25-14(2)9-19(16)27(3)21(18)29/h9,11-13,15,17,22-24H,4-8,10H2,1-3H3,(H,26,28). The van der Waals surface area contributed by atoms with Crippen LogP contribution in [0.3, 0.4) is 0 Å². The van der Waals surface area contributed by atoms with E-state index in [1.807, 2.05) is 32.3 Å². The number of fused-ring (bicyclic) bond motifs is 1. The number of rotatable bonds is 3. The van der Waals surface area contributed by atoms with E-state index in [1.54, 1.807) is 4.57 Å². The molecule has 1 aliphatic heterocycles. The lowest BCUT2D eigenvalue weighted by molar-refractivity contribution is -0.127. The van der Waals surface area contributed by atoms with Crippen LogP contribution in [-0.4, -0.2) is 34.8 Å². The summed E-state index contributed by atoms with van der Waals surface area (Å²) >= 11 is 0. The van der Waals surface area contributed by atoms with Crippen molar-refractivity contribution in [3.63, 3.8) is 0 Å². The molecule has 0 spiro atoms. The van der Waals surface area contributed by atoms with Gasteiger partial charge in [0.25, 0.3) is 5.56 Å². The summed E-state index contributed by atoms with van der Waals surface area (Å²) < 4.78 is 1.73. The first kappa shape index (κ1) is 20.0. The Morgan fingerprint density at radius 3 is 2.76 bits per heavy atom. The van der Waals surface area contributed by atoms with E-state index in [-0.39, 0.29) is 29.6 Å².